The maximum Gasteiger partial charge on any atom is 0.268 e. The minimum atomic E-state index is -0.552. The van der Waals surface area contributed by atoms with Crippen molar-refractivity contribution in [1.29, 1.82) is 0 Å². The second kappa shape index (κ2) is 7.90. The number of hydrogen-bond acceptors (Lipinski definition) is 4. The number of carbonyl (C=O) groups is 1. The molecule has 4 rings (SSSR count). The Morgan fingerprint density at radius 3 is 3.00 bits per heavy atom. The summed E-state index contributed by atoms with van der Waals surface area (Å²) in [4.78, 5) is 34.2. The number of halogens is 1. The molecule has 1 saturated heterocycles. The summed E-state index contributed by atoms with van der Waals surface area (Å²) in [5, 5.41) is 3.20. The van der Waals surface area contributed by atoms with Crippen LogP contribution < -0.4 is 10.7 Å². The zero-order valence-corrected chi connectivity index (χ0v) is 15.3. The number of nitrogens with one attached hydrogen (secondary N) is 2. The SMILES string of the molecule is O=C(N[C@H]1CCCN(Cc2ccccn2)C1)c1cc(=O)c2cccc(F)c2[nH]1. The van der Waals surface area contributed by atoms with Gasteiger partial charge in [-0.2, -0.15) is 0 Å². The van der Waals surface area contributed by atoms with Crippen LogP contribution in [0.25, 0.3) is 10.9 Å². The van der Waals surface area contributed by atoms with Gasteiger partial charge in [-0.15, -0.1) is 0 Å². The first-order valence-corrected chi connectivity index (χ1v) is 9.35. The Hall–Kier alpha value is -3.06. The van der Waals surface area contributed by atoms with Crippen molar-refractivity contribution >= 4 is 16.8 Å². The third-order valence-electron chi connectivity index (χ3n) is 5.01. The van der Waals surface area contributed by atoms with E-state index in [1.807, 2.05) is 18.2 Å². The fourth-order valence-corrected chi connectivity index (χ4v) is 3.66. The molecule has 1 fully saturated rings. The van der Waals surface area contributed by atoms with Crippen molar-refractivity contribution in [2.45, 2.75) is 25.4 Å². The molecule has 2 N–H and O–H groups in total. The highest BCUT2D eigenvalue weighted by Crippen LogP contribution is 2.15. The molecule has 6 nitrogen and oxygen atoms in total. The van der Waals surface area contributed by atoms with E-state index in [2.05, 4.69) is 20.2 Å². The maximum absolute atomic E-state index is 14.0. The van der Waals surface area contributed by atoms with Crippen LogP contribution in [0.2, 0.25) is 0 Å². The van der Waals surface area contributed by atoms with Gasteiger partial charge >= 0.3 is 0 Å². The van der Waals surface area contributed by atoms with Crippen molar-refractivity contribution in [3.05, 3.63) is 76.1 Å². The molecule has 7 heteroatoms. The van der Waals surface area contributed by atoms with Gasteiger partial charge in [0, 0.05) is 36.8 Å². The summed E-state index contributed by atoms with van der Waals surface area (Å²) in [6, 6.07) is 11.3. The first-order chi connectivity index (χ1) is 13.6. The van der Waals surface area contributed by atoms with Crippen molar-refractivity contribution in [3.8, 4) is 0 Å². The van der Waals surface area contributed by atoms with E-state index in [0.29, 0.717) is 6.54 Å². The molecule has 1 atom stereocenters. The normalized spacial score (nSPS) is 17.5. The van der Waals surface area contributed by atoms with Gasteiger partial charge in [0.2, 0.25) is 0 Å². The van der Waals surface area contributed by atoms with Crippen LogP contribution in [0.4, 0.5) is 4.39 Å². The second-order valence-electron chi connectivity index (χ2n) is 7.08. The summed E-state index contributed by atoms with van der Waals surface area (Å²) in [6.07, 6.45) is 3.59. The van der Waals surface area contributed by atoms with Gasteiger partial charge in [-0.05, 0) is 43.7 Å². The van der Waals surface area contributed by atoms with Crippen molar-refractivity contribution in [1.82, 2.24) is 20.2 Å². The Morgan fingerprint density at radius 1 is 1.29 bits per heavy atom. The number of amides is 1. The zero-order chi connectivity index (χ0) is 19.5. The number of nitrogens with zero attached hydrogens (tertiary/aromatic N) is 2. The molecule has 0 aliphatic carbocycles. The number of pyridine rings is 2. The molecule has 3 aromatic rings. The molecule has 1 aromatic carbocycles. The fraction of sp³-hybridized carbons (Fsp3) is 0.286. The zero-order valence-electron chi connectivity index (χ0n) is 15.3. The Bertz CT molecular complexity index is 1050. The van der Waals surface area contributed by atoms with E-state index in [1.165, 1.54) is 24.3 Å². The number of H-pyrrole nitrogens is 1. The van der Waals surface area contributed by atoms with Crippen molar-refractivity contribution in [2.75, 3.05) is 13.1 Å². The topological polar surface area (TPSA) is 78.1 Å². The van der Waals surface area contributed by atoms with Crippen LogP contribution in [0.15, 0.2) is 53.5 Å². The van der Waals surface area contributed by atoms with Crippen LogP contribution in [-0.4, -0.2) is 39.9 Å². The number of hydrogen-bond donors (Lipinski definition) is 2. The minimum Gasteiger partial charge on any atom is -0.348 e. The lowest BCUT2D eigenvalue weighted by Gasteiger charge is -2.32. The molecule has 0 unspecified atom stereocenters. The third-order valence-corrected chi connectivity index (χ3v) is 5.01. The van der Waals surface area contributed by atoms with E-state index in [0.717, 1.165) is 31.6 Å². The van der Waals surface area contributed by atoms with Gasteiger partial charge in [0.25, 0.3) is 5.91 Å². The van der Waals surface area contributed by atoms with Crippen molar-refractivity contribution in [2.24, 2.45) is 0 Å². The highest BCUT2D eigenvalue weighted by molar-refractivity contribution is 5.95. The van der Waals surface area contributed by atoms with Crippen LogP contribution in [0.5, 0.6) is 0 Å². The molecule has 0 radical (unpaired) electrons. The van der Waals surface area contributed by atoms with Crippen LogP contribution in [-0.2, 0) is 6.54 Å². The van der Waals surface area contributed by atoms with Gasteiger partial charge in [-0.25, -0.2) is 4.39 Å². The summed E-state index contributed by atoms with van der Waals surface area (Å²) in [5.74, 6) is -0.949. The molecule has 0 saturated carbocycles. The Labute approximate surface area is 161 Å². The van der Waals surface area contributed by atoms with Crippen molar-refractivity contribution in [3.63, 3.8) is 0 Å². The molecule has 1 aliphatic rings. The summed E-state index contributed by atoms with van der Waals surface area (Å²) in [7, 11) is 0. The molecule has 2 aromatic heterocycles. The van der Waals surface area contributed by atoms with E-state index in [-0.39, 0.29) is 28.1 Å². The predicted molar refractivity (Wildman–Crippen MR) is 105 cm³/mol. The average molecular weight is 380 g/mol. The minimum absolute atomic E-state index is 0.0372. The monoisotopic (exact) mass is 380 g/mol. The summed E-state index contributed by atoms with van der Waals surface area (Å²) >= 11 is 0. The lowest BCUT2D eigenvalue weighted by atomic mass is 10.0. The number of carbonyl (C=O) groups excluding carboxylic acids is 1. The Morgan fingerprint density at radius 2 is 2.18 bits per heavy atom. The molecule has 3 heterocycles. The molecule has 0 spiro atoms. The van der Waals surface area contributed by atoms with Gasteiger partial charge in [0.1, 0.15) is 11.5 Å². The van der Waals surface area contributed by atoms with Gasteiger partial charge in [0.15, 0.2) is 5.43 Å². The number of aromatic nitrogens is 2. The number of benzene rings is 1. The van der Waals surface area contributed by atoms with Gasteiger partial charge in [-0.1, -0.05) is 12.1 Å². The second-order valence-corrected chi connectivity index (χ2v) is 7.08. The lowest BCUT2D eigenvalue weighted by molar-refractivity contribution is 0.0895. The van der Waals surface area contributed by atoms with Crippen LogP contribution in [0, 0.1) is 5.82 Å². The predicted octanol–water partition coefficient (Wildman–Crippen LogP) is 2.46. The lowest BCUT2D eigenvalue weighted by Crippen LogP contribution is -2.47. The molecule has 144 valence electrons. The summed E-state index contributed by atoms with van der Waals surface area (Å²) in [6.45, 7) is 2.38. The van der Waals surface area contributed by atoms with Gasteiger partial charge in [-0.3, -0.25) is 19.5 Å². The third kappa shape index (κ3) is 3.94. The van der Waals surface area contributed by atoms with Gasteiger partial charge < -0.3 is 10.3 Å². The fourth-order valence-electron chi connectivity index (χ4n) is 3.66. The van der Waals surface area contributed by atoms with Gasteiger partial charge in [0.05, 0.1) is 11.2 Å². The summed E-state index contributed by atoms with van der Waals surface area (Å²) < 4.78 is 14.0. The van der Waals surface area contributed by atoms with E-state index >= 15 is 0 Å². The summed E-state index contributed by atoms with van der Waals surface area (Å²) in [5.41, 5.74) is 0.743. The standard InChI is InChI=1S/C21H21FN4O2/c22-17-8-3-7-16-19(27)11-18(25-20(16)17)21(28)24-15-6-4-10-26(13-15)12-14-5-1-2-9-23-14/h1-3,5,7-9,11,15H,4,6,10,12-13H2,(H,24,28)(H,25,27)/t15-/m0/s1. The molecule has 0 bridgehead atoms. The van der Waals surface area contributed by atoms with E-state index < -0.39 is 11.7 Å². The highest BCUT2D eigenvalue weighted by Gasteiger charge is 2.23. The molecular weight excluding hydrogens is 359 g/mol. The van der Waals surface area contributed by atoms with E-state index in [1.54, 1.807) is 6.20 Å². The molecule has 28 heavy (non-hydrogen) atoms. The number of likely N-dealkylation sites (tertiary alicyclic amines) is 1. The maximum atomic E-state index is 14.0. The number of aromatic amines is 1. The average Bonchev–Trinajstić information content (AvgIpc) is 2.70. The first-order valence-electron chi connectivity index (χ1n) is 9.35. The van der Waals surface area contributed by atoms with Crippen LogP contribution in [0.3, 0.4) is 0 Å². The number of piperidine rings is 1. The largest absolute Gasteiger partial charge is 0.348 e. The van der Waals surface area contributed by atoms with E-state index in [4.69, 9.17) is 0 Å². The van der Waals surface area contributed by atoms with Crippen LogP contribution >= 0.6 is 0 Å². The van der Waals surface area contributed by atoms with E-state index in [9.17, 15) is 14.0 Å². The van der Waals surface area contributed by atoms with Crippen molar-refractivity contribution < 1.29 is 9.18 Å². The number of para-hydroxylation sites is 1. The highest BCUT2D eigenvalue weighted by atomic mass is 19.1. The molecular formula is C21H21FN4O2. The number of fused-ring (bicyclic) bond motifs is 1. The molecule has 1 amide bonds. The smallest absolute Gasteiger partial charge is 0.268 e. The van der Waals surface area contributed by atoms with Crippen LogP contribution in [0.1, 0.15) is 29.0 Å². The number of rotatable bonds is 4. The Balaban J connectivity index is 1.46. The first kappa shape index (κ1) is 18.3. The quantitative estimate of drug-likeness (QED) is 0.729. The Kier molecular flexibility index (Phi) is 5.16. The molecule has 1 aliphatic heterocycles.